The summed E-state index contributed by atoms with van der Waals surface area (Å²) in [6.45, 7) is 3.90. The molecule has 3 heterocycles. The van der Waals surface area contributed by atoms with E-state index >= 15 is 8.78 Å². The minimum atomic E-state index is -3.34. The number of aromatic nitrogens is 1. The first-order valence-electron chi connectivity index (χ1n) is 13.0. The van der Waals surface area contributed by atoms with Crippen LogP contribution < -0.4 is 15.1 Å². The molecule has 1 atom stereocenters. The summed E-state index contributed by atoms with van der Waals surface area (Å²) in [5.74, 6) is -3.89. The molecule has 1 saturated heterocycles. The van der Waals surface area contributed by atoms with E-state index in [9.17, 15) is 9.59 Å². The van der Waals surface area contributed by atoms with E-state index in [4.69, 9.17) is 11.6 Å². The third-order valence-electron chi connectivity index (χ3n) is 7.19. The third kappa shape index (κ3) is 5.81. The lowest BCUT2D eigenvalue weighted by atomic mass is 9.97. The van der Waals surface area contributed by atoms with Gasteiger partial charge >= 0.3 is 0 Å². The first kappa shape index (κ1) is 26.8. The maximum absolute atomic E-state index is 15.5. The molecule has 0 bridgehead atoms. The summed E-state index contributed by atoms with van der Waals surface area (Å²) in [7, 11) is 0. The van der Waals surface area contributed by atoms with Gasteiger partial charge in [0.2, 0.25) is 5.91 Å². The van der Waals surface area contributed by atoms with Gasteiger partial charge in [0.1, 0.15) is 0 Å². The molecule has 1 unspecified atom stereocenters. The van der Waals surface area contributed by atoms with Crippen molar-refractivity contribution in [3.05, 3.63) is 94.8 Å². The molecule has 2 aliphatic rings. The predicted octanol–water partition coefficient (Wildman–Crippen LogP) is 5.97. The molecule has 0 aliphatic carbocycles. The minimum Gasteiger partial charge on any atom is -0.371 e. The van der Waals surface area contributed by atoms with Crippen molar-refractivity contribution >= 4 is 40.4 Å². The summed E-state index contributed by atoms with van der Waals surface area (Å²) in [4.78, 5) is 34.1. The molecule has 1 fully saturated rings. The number of carbonyl (C=O) groups is 2. The molecular formula is C30H29ClF2N4O2. The zero-order valence-electron chi connectivity index (χ0n) is 21.5. The molecule has 2 amide bonds. The third-order valence-corrected chi connectivity index (χ3v) is 7.50. The number of para-hydroxylation sites is 1. The van der Waals surface area contributed by atoms with Gasteiger partial charge in [-0.1, -0.05) is 42.8 Å². The largest absolute Gasteiger partial charge is 0.371 e. The van der Waals surface area contributed by atoms with Gasteiger partial charge in [0.25, 0.3) is 11.8 Å². The number of nitrogens with one attached hydrogen (secondary N) is 1. The summed E-state index contributed by atoms with van der Waals surface area (Å²) in [6, 6.07) is 17.0. The first-order valence-corrected chi connectivity index (χ1v) is 13.3. The summed E-state index contributed by atoms with van der Waals surface area (Å²) in [6.07, 6.45) is 2.96. The van der Waals surface area contributed by atoms with Crippen LogP contribution in [0.15, 0.2) is 72.9 Å². The number of fused-ring (bicyclic) bond motifs is 1. The van der Waals surface area contributed by atoms with E-state index in [2.05, 4.69) is 22.1 Å². The van der Waals surface area contributed by atoms with Gasteiger partial charge in [0.15, 0.2) is 0 Å². The molecule has 2 aliphatic heterocycles. The molecule has 6 nitrogen and oxygen atoms in total. The number of allylic oxidation sites excluding steroid dienone is 1. The number of hydrogen-bond donors (Lipinski definition) is 1. The average Bonchev–Trinajstić information content (AvgIpc) is 3.33. The van der Waals surface area contributed by atoms with Crippen LogP contribution in [0, 0.1) is 5.92 Å². The Kier molecular flexibility index (Phi) is 7.66. The van der Waals surface area contributed by atoms with E-state index in [1.807, 2.05) is 6.07 Å². The van der Waals surface area contributed by atoms with Crippen LogP contribution in [0.5, 0.6) is 0 Å². The maximum atomic E-state index is 15.5. The van der Waals surface area contributed by atoms with Gasteiger partial charge in [-0.3, -0.25) is 14.6 Å². The molecule has 39 heavy (non-hydrogen) atoms. The molecule has 0 radical (unpaired) electrons. The number of carbonyl (C=O) groups excluding carboxylic acids is 2. The van der Waals surface area contributed by atoms with E-state index in [-0.39, 0.29) is 29.2 Å². The number of alkyl halides is 2. The molecule has 1 N–H and O–H groups in total. The van der Waals surface area contributed by atoms with Crippen LogP contribution in [0.4, 0.5) is 20.2 Å². The molecule has 5 rings (SSSR count). The Bertz CT molecular complexity index is 1410. The fourth-order valence-corrected chi connectivity index (χ4v) is 5.34. The lowest BCUT2D eigenvalue weighted by Gasteiger charge is -2.24. The van der Waals surface area contributed by atoms with Crippen LogP contribution >= 0.6 is 11.6 Å². The van der Waals surface area contributed by atoms with Crippen LogP contribution in [-0.4, -0.2) is 42.4 Å². The number of pyridine rings is 1. The van der Waals surface area contributed by atoms with E-state index in [0.29, 0.717) is 17.3 Å². The van der Waals surface area contributed by atoms with Gasteiger partial charge in [-0.15, -0.1) is 0 Å². The molecule has 0 saturated carbocycles. The number of amides is 2. The van der Waals surface area contributed by atoms with Crippen LogP contribution in [0.2, 0.25) is 5.02 Å². The van der Waals surface area contributed by atoms with Gasteiger partial charge in [0.05, 0.1) is 28.5 Å². The van der Waals surface area contributed by atoms with Crippen LogP contribution in [0.3, 0.4) is 0 Å². The van der Waals surface area contributed by atoms with Gasteiger partial charge in [-0.25, -0.2) is 8.78 Å². The van der Waals surface area contributed by atoms with Crippen molar-refractivity contribution in [2.24, 2.45) is 5.92 Å². The van der Waals surface area contributed by atoms with E-state index in [0.717, 1.165) is 31.3 Å². The van der Waals surface area contributed by atoms with Crippen molar-refractivity contribution in [1.82, 2.24) is 10.3 Å². The highest BCUT2D eigenvalue weighted by Crippen LogP contribution is 2.43. The topological polar surface area (TPSA) is 65.5 Å². The van der Waals surface area contributed by atoms with Crippen molar-refractivity contribution in [3.8, 4) is 0 Å². The number of rotatable bonds is 5. The van der Waals surface area contributed by atoms with Crippen molar-refractivity contribution in [3.63, 3.8) is 0 Å². The minimum absolute atomic E-state index is 0.103. The Morgan fingerprint density at radius 3 is 2.64 bits per heavy atom. The molecule has 3 aromatic rings. The number of benzene rings is 2. The van der Waals surface area contributed by atoms with Gasteiger partial charge in [-0.05, 0) is 48.7 Å². The Morgan fingerprint density at radius 1 is 1.13 bits per heavy atom. The monoisotopic (exact) mass is 550 g/mol. The molecule has 9 heteroatoms. The SMILES string of the molecule is CC1CCN(c2ccc(C(=O)N3CCC(F)(F)/C(=C\C(=O)NCc4ccccn4)c4ccccc43)c(Cl)c2)C1. The number of halogens is 3. The fourth-order valence-electron chi connectivity index (χ4n) is 5.09. The highest BCUT2D eigenvalue weighted by Gasteiger charge is 2.41. The lowest BCUT2D eigenvalue weighted by molar-refractivity contribution is -0.116. The summed E-state index contributed by atoms with van der Waals surface area (Å²) < 4.78 is 31.0. The Morgan fingerprint density at radius 2 is 1.92 bits per heavy atom. The van der Waals surface area contributed by atoms with Gasteiger partial charge < -0.3 is 15.1 Å². The second kappa shape index (κ2) is 11.1. The molecule has 1 aromatic heterocycles. The van der Waals surface area contributed by atoms with Gasteiger partial charge in [-0.2, -0.15) is 0 Å². The summed E-state index contributed by atoms with van der Waals surface area (Å²) >= 11 is 6.57. The quantitative estimate of drug-likeness (QED) is 0.398. The Balaban J connectivity index is 1.43. The normalized spacial score (nSPS) is 19.5. The highest BCUT2D eigenvalue weighted by atomic mass is 35.5. The van der Waals surface area contributed by atoms with E-state index < -0.39 is 29.7 Å². The van der Waals surface area contributed by atoms with Crippen molar-refractivity contribution in [1.29, 1.82) is 0 Å². The second-order valence-corrected chi connectivity index (χ2v) is 10.4. The Hall–Kier alpha value is -3.78. The van der Waals surface area contributed by atoms with Crippen LogP contribution in [0.25, 0.3) is 5.57 Å². The number of nitrogens with zero attached hydrogens (tertiary/aromatic N) is 3. The zero-order valence-corrected chi connectivity index (χ0v) is 22.3. The summed E-state index contributed by atoms with van der Waals surface area (Å²) in [5, 5.41) is 2.89. The van der Waals surface area contributed by atoms with Crippen molar-refractivity contribution in [2.75, 3.05) is 29.4 Å². The molecule has 0 spiro atoms. The molecular weight excluding hydrogens is 522 g/mol. The first-order chi connectivity index (χ1) is 18.7. The zero-order chi connectivity index (χ0) is 27.6. The van der Waals surface area contributed by atoms with E-state index in [1.54, 1.807) is 54.7 Å². The smallest absolute Gasteiger partial charge is 0.275 e. The fraction of sp³-hybridized carbons (Fsp3) is 0.300. The number of anilines is 2. The van der Waals surface area contributed by atoms with Gasteiger partial charge in [0, 0.05) is 55.2 Å². The predicted molar refractivity (Wildman–Crippen MR) is 149 cm³/mol. The second-order valence-electron chi connectivity index (χ2n) is 10.0. The van der Waals surface area contributed by atoms with Crippen LogP contribution in [0.1, 0.15) is 41.4 Å². The van der Waals surface area contributed by atoms with Crippen molar-refractivity contribution in [2.45, 2.75) is 32.2 Å². The number of hydrogen-bond acceptors (Lipinski definition) is 4. The standard InChI is InChI=1S/C30H29ClF2N4O2/c1-20-11-14-36(19-20)22-9-10-24(26(31)16-22)29(39)37-15-12-30(32,33)25(23-7-2-3-8-27(23)37)17-28(38)35-18-21-6-4-5-13-34-21/h2-10,13,16-17,20H,11-12,14-15,18-19H2,1H3,(H,35,38)/b25-17-. The average molecular weight is 551 g/mol. The highest BCUT2D eigenvalue weighted by molar-refractivity contribution is 6.35. The lowest BCUT2D eigenvalue weighted by Crippen LogP contribution is -2.33. The molecule has 202 valence electrons. The van der Waals surface area contributed by atoms with Crippen molar-refractivity contribution < 1.29 is 18.4 Å². The van der Waals surface area contributed by atoms with E-state index in [1.165, 1.54) is 11.0 Å². The van der Waals surface area contributed by atoms with Crippen LogP contribution in [-0.2, 0) is 11.3 Å². The molecule has 2 aromatic carbocycles. The Labute approximate surface area is 231 Å². The maximum Gasteiger partial charge on any atom is 0.275 e. The summed E-state index contributed by atoms with van der Waals surface area (Å²) in [5.41, 5.74) is 1.78.